The third-order valence-corrected chi connectivity index (χ3v) is 5.04. The van der Waals surface area contributed by atoms with Crippen molar-refractivity contribution in [3.63, 3.8) is 0 Å². The summed E-state index contributed by atoms with van der Waals surface area (Å²) >= 11 is 5.87. The van der Waals surface area contributed by atoms with E-state index in [2.05, 4.69) is 10.5 Å². The first-order valence-corrected chi connectivity index (χ1v) is 9.76. The van der Waals surface area contributed by atoms with E-state index in [1.807, 2.05) is 0 Å². The Morgan fingerprint density at radius 1 is 1.23 bits per heavy atom. The molecule has 0 saturated heterocycles. The molecule has 138 valence electrons. The Morgan fingerprint density at radius 3 is 2.46 bits per heavy atom. The number of nitrogens with one attached hydrogen (secondary N) is 1. The SMILES string of the molecule is CC(C(=O)N/N=C/c1c(F)cccc1Cl)N(c1ccccc1)S(C)(=O)=O. The van der Waals surface area contributed by atoms with Gasteiger partial charge in [-0.05, 0) is 31.2 Å². The molecule has 2 aromatic rings. The zero-order valence-corrected chi connectivity index (χ0v) is 15.6. The zero-order chi connectivity index (χ0) is 19.3. The van der Waals surface area contributed by atoms with Crippen molar-refractivity contribution < 1.29 is 17.6 Å². The Morgan fingerprint density at radius 2 is 1.88 bits per heavy atom. The van der Waals surface area contributed by atoms with E-state index in [0.29, 0.717) is 5.69 Å². The molecule has 0 aliphatic rings. The minimum atomic E-state index is -3.71. The van der Waals surface area contributed by atoms with E-state index in [-0.39, 0.29) is 10.6 Å². The second-order valence-electron chi connectivity index (χ2n) is 5.44. The van der Waals surface area contributed by atoms with Crippen molar-refractivity contribution >= 4 is 39.4 Å². The van der Waals surface area contributed by atoms with Crippen molar-refractivity contribution in [2.75, 3.05) is 10.6 Å². The fourth-order valence-corrected chi connectivity index (χ4v) is 3.66. The predicted octanol–water partition coefficient (Wildman–Crippen LogP) is 2.78. The lowest BCUT2D eigenvalue weighted by Gasteiger charge is -2.27. The summed E-state index contributed by atoms with van der Waals surface area (Å²) in [5.74, 6) is -1.27. The maximum atomic E-state index is 13.7. The van der Waals surface area contributed by atoms with Gasteiger partial charge in [0.2, 0.25) is 10.0 Å². The van der Waals surface area contributed by atoms with Crippen molar-refractivity contribution in [3.05, 3.63) is 64.9 Å². The third kappa shape index (κ3) is 4.80. The van der Waals surface area contributed by atoms with E-state index in [4.69, 9.17) is 11.6 Å². The van der Waals surface area contributed by atoms with E-state index in [1.54, 1.807) is 30.3 Å². The van der Waals surface area contributed by atoms with Gasteiger partial charge in [-0.15, -0.1) is 0 Å². The van der Waals surface area contributed by atoms with Crippen LogP contribution in [0.15, 0.2) is 53.6 Å². The minimum Gasteiger partial charge on any atom is -0.271 e. The van der Waals surface area contributed by atoms with Crippen LogP contribution in [0.25, 0.3) is 0 Å². The van der Waals surface area contributed by atoms with Gasteiger partial charge in [-0.3, -0.25) is 9.10 Å². The molecule has 1 atom stereocenters. The van der Waals surface area contributed by atoms with Crippen LogP contribution in [0, 0.1) is 5.82 Å². The smallest absolute Gasteiger partial charge is 0.263 e. The van der Waals surface area contributed by atoms with Crippen LogP contribution in [0.5, 0.6) is 0 Å². The van der Waals surface area contributed by atoms with Gasteiger partial charge in [0.05, 0.1) is 23.2 Å². The molecule has 2 rings (SSSR count). The first kappa shape index (κ1) is 19.9. The second-order valence-corrected chi connectivity index (χ2v) is 7.71. The van der Waals surface area contributed by atoms with E-state index >= 15 is 0 Å². The lowest BCUT2D eigenvalue weighted by Crippen LogP contribution is -2.46. The molecule has 0 spiro atoms. The number of benzene rings is 2. The van der Waals surface area contributed by atoms with E-state index in [1.165, 1.54) is 25.1 Å². The summed E-state index contributed by atoms with van der Waals surface area (Å²) in [6, 6.07) is 11.3. The first-order valence-electron chi connectivity index (χ1n) is 7.53. The normalized spacial score (nSPS) is 12.8. The first-order chi connectivity index (χ1) is 12.2. The molecule has 26 heavy (non-hydrogen) atoms. The molecule has 0 aliphatic carbocycles. The Balaban J connectivity index is 2.18. The Kier molecular flexibility index (Phi) is 6.33. The summed E-state index contributed by atoms with van der Waals surface area (Å²) < 4.78 is 38.8. The fourth-order valence-electron chi connectivity index (χ4n) is 2.27. The molecular weight excluding hydrogens is 381 g/mol. The van der Waals surface area contributed by atoms with Crippen molar-refractivity contribution in [1.82, 2.24) is 5.43 Å². The lowest BCUT2D eigenvalue weighted by molar-refractivity contribution is -0.121. The Hall–Kier alpha value is -2.45. The average Bonchev–Trinajstić information content (AvgIpc) is 2.57. The molecular formula is C17H17ClFN3O3S. The number of para-hydroxylation sites is 1. The predicted molar refractivity (Wildman–Crippen MR) is 100 cm³/mol. The minimum absolute atomic E-state index is 0.0187. The van der Waals surface area contributed by atoms with Crippen molar-refractivity contribution in [2.45, 2.75) is 13.0 Å². The highest BCUT2D eigenvalue weighted by atomic mass is 35.5. The van der Waals surface area contributed by atoms with Crippen LogP contribution in [-0.4, -0.2) is 32.8 Å². The summed E-state index contributed by atoms with van der Waals surface area (Å²) in [5, 5.41) is 3.81. The van der Waals surface area contributed by atoms with Gasteiger partial charge in [-0.2, -0.15) is 5.10 Å². The van der Waals surface area contributed by atoms with Crippen molar-refractivity contribution in [1.29, 1.82) is 0 Å². The highest BCUT2D eigenvalue weighted by Crippen LogP contribution is 2.20. The number of sulfonamides is 1. The number of hydrazone groups is 1. The number of nitrogens with zero attached hydrogens (tertiary/aromatic N) is 2. The van der Waals surface area contributed by atoms with Gasteiger partial charge in [-0.1, -0.05) is 35.9 Å². The van der Waals surface area contributed by atoms with E-state index in [9.17, 15) is 17.6 Å². The molecule has 0 aromatic heterocycles. The molecule has 1 N–H and O–H groups in total. The molecule has 0 aliphatic heterocycles. The van der Waals surface area contributed by atoms with Gasteiger partial charge < -0.3 is 0 Å². The van der Waals surface area contributed by atoms with Crippen LogP contribution in [0.2, 0.25) is 5.02 Å². The Bertz CT molecular complexity index is 900. The fraction of sp³-hybridized carbons (Fsp3) is 0.176. The average molecular weight is 398 g/mol. The lowest BCUT2D eigenvalue weighted by atomic mass is 10.2. The topological polar surface area (TPSA) is 78.8 Å². The van der Waals surface area contributed by atoms with Crippen molar-refractivity contribution in [3.8, 4) is 0 Å². The highest BCUT2D eigenvalue weighted by Gasteiger charge is 2.28. The molecule has 2 aromatic carbocycles. The number of hydrogen-bond donors (Lipinski definition) is 1. The molecule has 0 heterocycles. The number of amides is 1. The number of hydrogen-bond acceptors (Lipinski definition) is 4. The molecule has 0 fully saturated rings. The monoisotopic (exact) mass is 397 g/mol. The maximum Gasteiger partial charge on any atom is 0.263 e. The maximum absolute atomic E-state index is 13.7. The summed E-state index contributed by atoms with van der Waals surface area (Å²) in [7, 11) is -3.71. The Labute approximate surface area is 156 Å². The number of carbonyl (C=O) groups is 1. The highest BCUT2D eigenvalue weighted by molar-refractivity contribution is 7.92. The van der Waals surface area contributed by atoms with Crippen LogP contribution >= 0.6 is 11.6 Å². The zero-order valence-electron chi connectivity index (χ0n) is 14.1. The molecule has 1 amide bonds. The number of rotatable bonds is 6. The molecule has 9 heteroatoms. The van der Waals surface area contributed by atoms with Gasteiger partial charge in [0.25, 0.3) is 5.91 Å². The summed E-state index contributed by atoms with van der Waals surface area (Å²) in [4.78, 5) is 12.3. The largest absolute Gasteiger partial charge is 0.271 e. The summed E-state index contributed by atoms with van der Waals surface area (Å²) in [5.41, 5.74) is 2.57. The summed E-state index contributed by atoms with van der Waals surface area (Å²) in [6.45, 7) is 1.43. The quantitative estimate of drug-likeness (QED) is 0.601. The van der Waals surface area contributed by atoms with Crippen LogP contribution in [-0.2, 0) is 14.8 Å². The van der Waals surface area contributed by atoms with Crippen LogP contribution in [0.4, 0.5) is 10.1 Å². The van der Waals surface area contributed by atoms with Gasteiger partial charge in [0, 0.05) is 5.56 Å². The molecule has 0 bridgehead atoms. The van der Waals surface area contributed by atoms with Gasteiger partial charge in [0.1, 0.15) is 11.9 Å². The number of carbonyl (C=O) groups excluding carboxylic acids is 1. The van der Waals surface area contributed by atoms with Gasteiger partial charge in [-0.25, -0.2) is 18.2 Å². The molecule has 0 radical (unpaired) electrons. The van der Waals surface area contributed by atoms with E-state index < -0.39 is 27.8 Å². The third-order valence-electron chi connectivity index (χ3n) is 3.47. The van der Waals surface area contributed by atoms with Crippen LogP contribution in [0.1, 0.15) is 12.5 Å². The second kappa shape index (κ2) is 8.29. The van der Waals surface area contributed by atoms with Gasteiger partial charge >= 0.3 is 0 Å². The number of halogens is 2. The molecule has 6 nitrogen and oxygen atoms in total. The van der Waals surface area contributed by atoms with E-state index in [0.717, 1.165) is 16.8 Å². The molecule has 0 saturated carbocycles. The van der Waals surface area contributed by atoms with Crippen LogP contribution in [0.3, 0.4) is 0 Å². The molecule has 1 unspecified atom stereocenters. The standard InChI is InChI=1S/C17H17ClFN3O3S/c1-12(22(26(2,24)25)13-7-4-3-5-8-13)17(23)21-20-11-14-15(18)9-6-10-16(14)19/h3-12H,1-2H3,(H,21,23)/b20-11+. The van der Waals surface area contributed by atoms with Crippen molar-refractivity contribution in [2.24, 2.45) is 5.10 Å². The number of anilines is 1. The van der Waals surface area contributed by atoms with Gasteiger partial charge in [0.15, 0.2) is 0 Å². The van der Waals surface area contributed by atoms with Crippen LogP contribution < -0.4 is 9.73 Å². The summed E-state index contributed by atoms with van der Waals surface area (Å²) in [6.07, 6.45) is 2.07.